The minimum Gasteiger partial charge on any atom is -0.394 e. The number of aliphatic hydroxyl groups is 2. The summed E-state index contributed by atoms with van der Waals surface area (Å²) in [7, 11) is 0. The Labute approximate surface area is 282 Å². The molecule has 0 aromatic rings. The van der Waals surface area contributed by atoms with E-state index in [2.05, 4.69) is 31.3 Å². The van der Waals surface area contributed by atoms with Crippen LogP contribution in [0.3, 0.4) is 0 Å². The first-order valence-corrected chi connectivity index (χ1v) is 20.4. The topological polar surface area (TPSA) is 69.6 Å². The molecule has 0 bridgehead atoms. The minimum absolute atomic E-state index is 0.0381. The van der Waals surface area contributed by atoms with E-state index in [1.54, 1.807) is 0 Å². The van der Waals surface area contributed by atoms with Gasteiger partial charge in [0.15, 0.2) is 0 Å². The second kappa shape index (κ2) is 37.6. The van der Waals surface area contributed by atoms with Crippen LogP contribution in [-0.2, 0) is 4.79 Å². The van der Waals surface area contributed by atoms with Gasteiger partial charge in [0.2, 0.25) is 5.91 Å². The summed E-state index contributed by atoms with van der Waals surface area (Å²) in [5.41, 5.74) is 0. The van der Waals surface area contributed by atoms with Gasteiger partial charge in [0.25, 0.3) is 0 Å². The first-order valence-electron chi connectivity index (χ1n) is 20.4. The Bertz CT molecular complexity index is 608. The maximum atomic E-state index is 12.4. The van der Waals surface area contributed by atoms with E-state index in [-0.39, 0.29) is 12.5 Å². The lowest BCUT2D eigenvalue weighted by Gasteiger charge is -2.22. The smallest absolute Gasteiger partial charge is 0.220 e. The highest BCUT2D eigenvalue weighted by atomic mass is 16.3. The summed E-state index contributed by atoms with van der Waals surface area (Å²) in [5.74, 6) is -0.0381. The summed E-state index contributed by atoms with van der Waals surface area (Å²) in [6.45, 7) is 4.36. The van der Waals surface area contributed by atoms with Gasteiger partial charge in [-0.05, 0) is 38.5 Å². The van der Waals surface area contributed by atoms with E-state index in [1.807, 2.05) is 0 Å². The van der Waals surface area contributed by atoms with Crippen LogP contribution in [0.15, 0.2) is 12.2 Å². The maximum absolute atomic E-state index is 12.4. The molecule has 0 aliphatic heterocycles. The molecule has 1 amide bonds. The normalized spacial score (nSPS) is 13.1. The molecule has 0 aliphatic carbocycles. The number of rotatable bonds is 37. The van der Waals surface area contributed by atoms with E-state index in [0.29, 0.717) is 12.8 Å². The summed E-state index contributed by atoms with van der Waals surface area (Å²) in [6.07, 6.45) is 45.6. The predicted octanol–water partition coefficient (Wildman–Crippen LogP) is 12.3. The summed E-state index contributed by atoms with van der Waals surface area (Å²) in [4.78, 5) is 12.4. The molecule has 0 aromatic heterocycles. The maximum Gasteiger partial charge on any atom is 0.220 e. The Kier molecular flexibility index (Phi) is 36.9. The van der Waals surface area contributed by atoms with Crippen molar-refractivity contribution in [3.63, 3.8) is 0 Å². The van der Waals surface area contributed by atoms with Gasteiger partial charge in [0, 0.05) is 6.42 Å². The monoisotopic (exact) mass is 636 g/mol. The zero-order valence-electron chi connectivity index (χ0n) is 30.7. The number of allylic oxidation sites excluding steroid dienone is 2. The molecule has 3 N–H and O–H groups in total. The molecule has 0 rings (SSSR count). The predicted molar refractivity (Wildman–Crippen MR) is 198 cm³/mol. The van der Waals surface area contributed by atoms with Gasteiger partial charge in [-0.3, -0.25) is 4.79 Å². The molecule has 0 saturated carbocycles. The lowest BCUT2D eigenvalue weighted by atomic mass is 10.0. The van der Waals surface area contributed by atoms with Crippen LogP contribution in [0.2, 0.25) is 0 Å². The Balaban J connectivity index is 3.55. The van der Waals surface area contributed by atoms with Crippen LogP contribution < -0.4 is 5.32 Å². The standard InChI is InChI=1S/C41H81NO3/c1-3-5-7-9-11-13-15-17-19-21-22-24-26-28-30-32-34-36-40(44)39(38-43)42-41(45)37-35-33-31-29-27-25-23-20-18-16-14-12-10-8-6-4-2/h26,28,39-40,43-44H,3-25,27,29-38H2,1-2H3,(H,42,45)/b28-26+/t39-,40+/m0/s1. The highest BCUT2D eigenvalue weighted by Crippen LogP contribution is 2.15. The minimum atomic E-state index is -0.676. The van der Waals surface area contributed by atoms with Crippen LogP contribution in [-0.4, -0.2) is 34.9 Å². The van der Waals surface area contributed by atoms with Crippen LogP contribution in [0.25, 0.3) is 0 Å². The van der Waals surface area contributed by atoms with Crippen molar-refractivity contribution < 1.29 is 15.0 Å². The fraction of sp³-hybridized carbons (Fsp3) is 0.927. The number of unbranched alkanes of at least 4 members (excludes halogenated alkanes) is 28. The molecular weight excluding hydrogens is 554 g/mol. The summed E-state index contributed by atoms with van der Waals surface area (Å²) in [5, 5.41) is 23.1. The Morgan fingerprint density at radius 3 is 1.22 bits per heavy atom. The fourth-order valence-electron chi connectivity index (χ4n) is 6.36. The molecule has 268 valence electrons. The van der Waals surface area contributed by atoms with Crippen LogP contribution in [0.4, 0.5) is 0 Å². The van der Waals surface area contributed by atoms with E-state index in [0.717, 1.165) is 32.1 Å². The number of carbonyl (C=O) groups excluding carboxylic acids is 1. The van der Waals surface area contributed by atoms with Gasteiger partial charge < -0.3 is 15.5 Å². The van der Waals surface area contributed by atoms with Crippen molar-refractivity contribution in [1.82, 2.24) is 5.32 Å². The lowest BCUT2D eigenvalue weighted by Crippen LogP contribution is -2.45. The van der Waals surface area contributed by atoms with Crippen molar-refractivity contribution in [2.45, 2.75) is 238 Å². The van der Waals surface area contributed by atoms with Crippen molar-refractivity contribution in [1.29, 1.82) is 0 Å². The summed E-state index contributed by atoms with van der Waals surface area (Å²) in [6, 6.07) is -0.546. The number of amides is 1. The molecule has 0 heterocycles. The Morgan fingerprint density at radius 2 is 0.844 bits per heavy atom. The lowest BCUT2D eigenvalue weighted by molar-refractivity contribution is -0.123. The highest BCUT2D eigenvalue weighted by Gasteiger charge is 2.19. The Morgan fingerprint density at radius 1 is 0.511 bits per heavy atom. The molecule has 4 heteroatoms. The molecule has 0 spiro atoms. The molecule has 2 atom stereocenters. The number of hydrogen-bond acceptors (Lipinski definition) is 3. The second-order valence-corrected chi connectivity index (χ2v) is 14.1. The molecule has 45 heavy (non-hydrogen) atoms. The Hall–Kier alpha value is -0.870. The molecule has 0 unspecified atom stereocenters. The molecular formula is C41H81NO3. The van der Waals surface area contributed by atoms with Crippen molar-refractivity contribution in [2.24, 2.45) is 0 Å². The third-order valence-corrected chi connectivity index (χ3v) is 9.53. The van der Waals surface area contributed by atoms with E-state index >= 15 is 0 Å². The van der Waals surface area contributed by atoms with Crippen LogP contribution in [0.1, 0.15) is 226 Å². The van der Waals surface area contributed by atoms with Crippen molar-refractivity contribution in [3.05, 3.63) is 12.2 Å². The summed E-state index contributed by atoms with van der Waals surface area (Å²) >= 11 is 0. The molecule has 4 nitrogen and oxygen atoms in total. The van der Waals surface area contributed by atoms with E-state index in [4.69, 9.17) is 0 Å². The zero-order chi connectivity index (χ0) is 32.9. The molecule has 0 radical (unpaired) electrons. The van der Waals surface area contributed by atoms with Gasteiger partial charge in [-0.1, -0.05) is 193 Å². The number of aliphatic hydroxyl groups excluding tert-OH is 2. The van der Waals surface area contributed by atoms with Gasteiger partial charge in [0.1, 0.15) is 0 Å². The van der Waals surface area contributed by atoms with Gasteiger partial charge in [-0.2, -0.15) is 0 Å². The SMILES string of the molecule is CCCCCCCCCCCCC/C=C/CCCC[C@@H](O)[C@H](CO)NC(=O)CCCCCCCCCCCCCCCCCC. The van der Waals surface area contributed by atoms with Crippen molar-refractivity contribution >= 4 is 5.91 Å². The average molecular weight is 636 g/mol. The number of hydrogen-bond donors (Lipinski definition) is 3. The molecule has 0 aromatic carbocycles. The fourth-order valence-corrected chi connectivity index (χ4v) is 6.36. The number of nitrogens with one attached hydrogen (secondary N) is 1. The van der Waals surface area contributed by atoms with Gasteiger partial charge >= 0.3 is 0 Å². The zero-order valence-corrected chi connectivity index (χ0v) is 30.7. The van der Waals surface area contributed by atoms with Crippen LogP contribution >= 0.6 is 0 Å². The third-order valence-electron chi connectivity index (χ3n) is 9.53. The first kappa shape index (κ1) is 44.1. The average Bonchev–Trinajstić information content (AvgIpc) is 3.04. The van der Waals surface area contributed by atoms with Crippen LogP contribution in [0, 0.1) is 0 Å². The molecule has 0 saturated heterocycles. The molecule has 0 fully saturated rings. The highest BCUT2D eigenvalue weighted by molar-refractivity contribution is 5.76. The van der Waals surface area contributed by atoms with Gasteiger partial charge in [-0.15, -0.1) is 0 Å². The molecule has 0 aliphatic rings. The van der Waals surface area contributed by atoms with Crippen molar-refractivity contribution in [2.75, 3.05) is 6.61 Å². The second-order valence-electron chi connectivity index (χ2n) is 14.1. The largest absolute Gasteiger partial charge is 0.394 e. The van der Waals surface area contributed by atoms with E-state index in [9.17, 15) is 15.0 Å². The van der Waals surface area contributed by atoms with Gasteiger partial charge in [-0.25, -0.2) is 0 Å². The van der Waals surface area contributed by atoms with Crippen LogP contribution in [0.5, 0.6) is 0 Å². The van der Waals surface area contributed by atoms with Crippen molar-refractivity contribution in [3.8, 4) is 0 Å². The first-order chi connectivity index (χ1) is 22.2. The third kappa shape index (κ3) is 34.3. The van der Waals surface area contributed by atoms with E-state index < -0.39 is 12.1 Å². The van der Waals surface area contributed by atoms with E-state index in [1.165, 1.54) is 167 Å². The number of carbonyl (C=O) groups is 1. The van der Waals surface area contributed by atoms with Gasteiger partial charge in [0.05, 0.1) is 18.8 Å². The summed E-state index contributed by atoms with van der Waals surface area (Å²) < 4.78 is 0. The quantitative estimate of drug-likeness (QED) is 0.0470.